The summed E-state index contributed by atoms with van der Waals surface area (Å²) in [5.74, 6) is 0. The van der Waals surface area contributed by atoms with Crippen LogP contribution in [0.25, 0.3) is 0 Å². The van der Waals surface area contributed by atoms with E-state index in [0.717, 1.165) is 38.8 Å². The van der Waals surface area contributed by atoms with Crippen molar-refractivity contribution >= 4 is 10.0 Å². The number of imidazole rings is 1. The third-order valence-electron chi connectivity index (χ3n) is 3.44. The van der Waals surface area contributed by atoms with Crippen molar-refractivity contribution in [1.29, 1.82) is 0 Å². The first-order valence-electron chi connectivity index (χ1n) is 6.87. The van der Waals surface area contributed by atoms with Gasteiger partial charge in [0.25, 0.3) is 10.0 Å². The number of nitrogens with zero attached hydrogens (tertiary/aromatic N) is 2. The predicted octanol–water partition coefficient (Wildman–Crippen LogP) is 0.952. The number of aromatic nitrogens is 2. The Kier molecular flexibility index (Phi) is 4.95. The van der Waals surface area contributed by atoms with Crippen LogP contribution in [0.4, 0.5) is 0 Å². The monoisotopic (exact) mass is 286 g/mol. The summed E-state index contributed by atoms with van der Waals surface area (Å²) in [6, 6.07) is 0.0496. The molecule has 1 aromatic rings. The van der Waals surface area contributed by atoms with Gasteiger partial charge in [-0.3, -0.25) is 0 Å². The van der Waals surface area contributed by atoms with Crippen LogP contribution in [0.2, 0.25) is 0 Å². The van der Waals surface area contributed by atoms with Crippen LogP contribution in [0.5, 0.6) is 0 Å². The molecule has 1 fully saturated rings. The van der Waals surface area contributed by atoms with Crippen LogP contribution in [-0.4, -0.2) is 48.4 Å². The van der Waals surface area contributed by atoms with Gasteiger partial charge in [0, 0.05) is 19.1 Å². The lowest BCUT2D eigenvalue weighted by atomic mass is 10.1. The van der Waals surface area contributed by atoms with E-state index in [2.05, 4.69) is 22.2 Å². The van der Waals surface area contributed by atoms with E-state index in [0.29, 0.717) is 6.54 Å². The molecule has 0 aromatic carbocycles. The maximum Gasteiger partial charge on any atom is 0.260 e. The van der Waals surface area contributed by atoms with E-state index in [-0.39, 0.29) is 11.1 Å². The SMILES string of the molecule is CCCNCC1CCCCN1S(=O)(=O)c1cnc[nH]1. The van der Waals surface area contributed by atoms with Crippen molar-refractivity contribution in [1.82, 2.24) is 19.6 Å². The van der Waals surface area contributed by atoms with Crippen molar-refractivity contribution < 1.29 is 8.42 Å². The van der Waals surface area contributed by atoms with E-state index in [1.807, 2.05) is 0 Å². The quantitative estimate of drug-likeness (QED) is 0.763. The van der Waals surface area contributed by atoms with Gasteiger partial charge >= 0.3 is 0 Å². The highest BCUT2D eigenvalue weighted by Gasteiger charge is 2.33. The van der Waals surface area contributed by atoms with Crippen LogP contribution >= 0.6 is 0 Å². The molecule has 0 saturated carbocycles. The minimum atomic E-state index is -3.43. The molecule has 1 atom stereocenters. The molecule has 19 heavy (non-hydrogen) atoms. The predicted molar refractivity (Wildman–Crippen MR) is 73.3 cm³/mol. The molecule has 1 saturated heterocycles. The molecule has 108 valence electrons. The van der Waals surface area contributed by atoms with Crippen molar-refractivity contribution in [3.05, 3.63) is 12.5 Å². The summed E-state index contributed by atoms with van der Waals surface area (Å²) < 4.78 is 26.7. The van der Waals surface area contributed by atoms with Gasteiger partial charge in [0.1, 0.15) is 0 Å². The fraction of sp³-hybridized carbons (Fsp3) is 0.750. The zero-order chi connectivity index (χ0) is 13.7. The molecule has 2 heterocycles. The number of rotatable bonds is 6. The molecular formula is C12H22N4O2S. The van der Waals surface area contributed by atoms with Gasteiger partial charge in [-0.1, -0.05) is 13.3 Å². The second-order valence-electron chi connectivity index (χ2n) is 4.89. The highest BCUT2D eigenvalue weighted by atomic mass is 32.2. The first kappa shape index (κ1) is 14.5. The summed E-state index contributed by atoms with van der Waals surface area (Å²) in [5.41, 5.74) is 0. The fourth-order valence-corrected chi connectivity index (χ4v) is 4.04. The van der Waals surface area contributed by atoms with Gasteiger partial charge in [0.15, 0.2) is 5.03 Å². The van der Waals surface area contributed by atoms with Crippen LogP contribution in [0.15, 0.2) is 17.6 Å². The van der Waals surface area contributed by atoms with E-state index in [1.165, 1.54) is 12.5 Å². The minimum Gasteiger partial charge on any atom is -0.335 e. The lowest BCUT2D eigenvalue weighted by molar-refractivity contribution is 0.245. The summed E-state index contributed by atoms with van der Waals surface area (Å²) in [6.07, 6.45) is 6.77. The zero-order valence-electron chi connectivity index (χ0n) is 11.3. The van der Waals surface area contributed by atoms with Gasteiger partial charge < -0.3 is 10.3 Å². The smallest absolute Gasteiger partial charge is 0.260 e. The summed E-state index contributed by atoms with van der Waals surface area (Å²) in [7, 11) is -3.43. The highest BCUT2D eigenvalue weighted by molar-refractivity contribution is 7.89. The summed E-state index contributed by atoms with van der Waals surface area (Å²) >= 11 is 0. The molecule has 0 bridgehead atoms. The maximum atomic E-state index is 12.5. The summed E-state index contributed by atoms with van der Waals surface area (Å²) in [4.78, 5) is 6.51. The van der Waals surface area contributed by atoms with Crippen molar-refractivity contribution in [2.24, 2.45) is 0 Å². The van der Waals surface area contributed by atoms with Crippen LogP contribution in [0.1, 0.15) is 32.6 Å². The molecule has 7 heteroatoms. The molecule has 2 N–H and O–H groups in total. The number of piperidine rings is 1. The molecule has 1 unspecified atom stereocenters. The molecule has 0 aliphatic carbocycles. The third-order valence-corrected chi connectivity index (χ3v) is 5.32. The Morgan fingerprint density at radius 2 is 2.37 bits per heavy atom. The average Bonchev–Trinajstić information content (AvgIpc) is 2.94. The molecule has 2 rings (SSSR count). The first-order valence-corrected chi connectivity index (χ1v) is 8.31. The Balaban J connectivity index is 2.10. The van der Waals surface area contributed by atoms with Crippen LogP contribution in [0.3, 0.4) is 0 Å². The molecule has 6 nitrogen and oxygen atoms in total. The third kappa shape index (κ3) is 3.34. The lowest BCUT2D eigenvalue weighted by Gasteiger charge is -2.34. The lowest BCUT2D eigenvalue weighted by Crippen LogP contribution is -2.48. The molecule has 1 aromatic heterocycles. The van der Waals surface area contributed by atoms with Crippen molar-refractivity contribution in [2.45, 2.75) is 43.7 Å². The number of nitrogens with one attached hydrogen (secondary N) is 2. The topological polar surface area (TPSA) is 78.1 Å². The van der Waals surface area contributed by atoms with E-state index in [9.17, 15) is 8.42 Å². The zero-order valence-corrected chi connectivity index (χ0v) is 12.1. The van der Waals surface area contributed by atoms with Gasteiger partial charge in [-0.15, -0.1) is 0 Å². The first-order chi connectivity index (χ1) is 9.16. The number of aromatic amines is 1. The summed E-state index contributed by atoms with van der Waals surface area (Å²) in [6.45, 7) is 4.35. The standard InChI is InChI=1S/C12H22N4O2S/c1-2-6-13-8-11-5-3-4-7-16(11)19(17,18)12-9-14-10-15-12/h9-11,13H,2-8H2,1H3,(H,14,15). The molecule has 1 aliphatic rings. The Morgan fingerprint density at radius 1 is 1.53 bits per heavy atom. The van der Waals surface area contributed by atoms with E-state index >= 15 is 0 Å². The average molecular weight is 286 g/mol. The van der Waals surface area contributed by atoms with Gasteiger partial charge in [-0.05, 0) is 25.8 Å². The second kappa shape index (κ2) is 6.49. The molecule has 0 radical (unpaired) electrons. The van der Waals surface area contributed by atoms with E-state index in [4.69, 9.17) is 0 Å². The van der Waals surface area contributed by atoms with Crippen molar-refractivity contribution in [2.75, 3.05) is 19.6 Å². The Labute approximate surface area is 114 Å². The van der Waals surface area contributed by atoms with Gasteiger partial charge in [-0.25, -0.2) is 13.4 Å². The van der Waals surface area contributed by atoms with Crippen LogP contribution < -0.4 is 5.32 Å². The normalized spacial score (nSPS) is 21.6. The molecular weight excluding hydrogens is 264 g/mol. The van der Waals surface area contributed by atoms with Crippen molar-refractivity contribution in [3.63, 3.8) is 0 Å². The second-order valence-corrected chi connectivity index (χ2v) is 6.74. The molecule has 1 aliphatic heterocycles. The Bertz CT molecular complexity index is 472. The fourth-order valence-electron chi connectivity index (χ4n) is 2.45. The van der Waals surface area contributed by atoms with Crippen LogP contribution in [-0.2, 0) is 10.0 Å². The van der Waals surface area contributed by atoms with Gasteiger partial charge in [0.05, 0.1) is 12.5 Å². The van der Waals surface area contributed by atoms with Gasteiger partial charge in [-0.2, -0.15) is 4.31 Å². The van der Waals surface area contributed by atoms with E-state index < -0.39 is 10.0 Å². The molecule has 0 amide bonds. The van der Waals surface area contributed by atoms with Gasteiger partial charge in [0.2, 0.25) is 0 Å². The Hall–Kier alpha value is -0.920. The minimum absolute atomic E-state index is 0.0496. The van der Waals surface area contributed by atoms with E-state index in [1.54, 1.807) is 4.31 Å². The highest BCUT2D eigenvalue weighted by Crippen LogP contribution is 2.23. The van der Waals surface area contributed by atoms with Crippen molar-refractivity contribution in [3.8, 4) is 0 Å². The molecule has 0 spiro atoms. The summed E-state index contributed by atoms with van der Waals surface area (Å²) in [5, 5.41) is 3.51. The Morgan fingerprint density at radius 3 is 3.05 bits per heavy atom. The number of sulfonamides is 1. The number of hydrogen-bond acceptors (Lipinski definition) is 4. The number of hydrogen-bond donors (Lipinski definition) is 2. The van der Waals surface area contributed by atoms with Crippen LogP contribution in [0, 0.1) is 0 Å². The largest absolute Gasteiger partial charge is 0.335 e. The maximum absolute atomic E-state index is 12.5. The number of H-pyrrole nitrogens is 1.